The van der Waals surface area contributed by atoms with E-state index in [1.807, 2.05) is 12.1 Å². The standard InChI is InChI=1S/C6H9NO2/c7-9-5-3-6-2-1-4-8-6/h1-2,4H,3,5,7H2. The third-order valence-corrected chi connectivity index (χ3v) is 1.05. The van der Waals surface area contributed by atoms with E-state index >= 15 is 0 Å². The van der Waals surface area contributed by atoms with Crippen molar-refractivity contribution >= 4 is 0 Å². The van der Waals surface area contributed by atoms with E-state index in [1.54, 1.807) is 6.26 Å². The van der Waals surface area contributed by atoms with Gasteiger partial charge in [-0.05, 0) is 12.1 Å². The molecule has 0 aromatic carbocycles. The van der Waals surface area contributed by atoms with Crippen LogP contribution in [-0.4, -0.2) is 6.61 Å². The summed E-state index contributed by atoms with van der Waals surface area (Å²) in [4.78, 5) is 4.36. The molecule has 0 amide bonds. The molecular formula is C6H9NO2. The quantitative estimate of drug-likeness (QED) is 0.608. The molecule has 0 radical (unpaired) electrons. The van der Waals surface area contributed by atoms with Crippen molar-refractivity contribution in [3.8, 4) is 0 Å². The summed E-state index contributed by atoms with van der Waals surface area (Å²) < 4.78 is 5.00. The van der Waals surface area contributed by atoms with Gasteiger partial charge >= 0.3 is 0 Å². The van der Waals surface area contributed by atoms with Gasteiger partial charge in [-0.25, -0.2) is 5.90 Å². The van der Waals surface area contributed by atoms with E-state index in [9.17, 15) is 0 Å². The van der Waals surface area contributed by atoms with Gasteiger partial charge in [-0.1, -0.05) is 0 Å². The van der Waals surface area contributed by atoms with Crippen molar-refractivity contribution in [2.75, 3.05) is 6.61 Å². The third-order valence-electron chi connectivity index (χ3n) is 1.05. The molecule has 0 saturated heterocycles. The first-order valence-corrected chi connectivity index (χ1v) is 2.77. The van der Waals surface area contributed by atoms with E-state index in [0.717, 1.165) is 12.2 Å². The second-order valence-electron chi connectivity index (χ2n) is 1.70. The van der Waals surface area contributed by atoms with Crippen LogP contribution in [-0.2, 0) is 11.3 Å². The van der Waals surface area contributed by atoms with E-state index in [-0.39, 0.29) is 0 Å². The third kappa shape index (κ3) is 1.87. The highest BCUT2D eigenvalue weighted by molar-refractivity contribution is 4.97. The molecule has 0 bridgehead atoms. The van der Waals surface area contributed by atoms with Crippen molar-refractivity contribution in [1.29, 1.82) is 0 Å². The molecule has 0 aliphatic carbocycles. The second-order valence-corrected chi connectivity index (χ2v) is 1.70. The molecule has 1 heterocycles. The largest absolute Gasteiger partial charge is 0.469 e. The van der Waals surface area contributed by atoms with Crippen LogP contribution in [0.4, 0.5) is 0 Å². The Morgan fingerprint density at radius 3 is 3.11 bits per heavy atom. The summed E-state index contributed by atoms with van der Waals surface area (Å²) in [5.74, 6) is 5.71. The van der Waals surface area contributed by atoms with Crippen molar-refractivity contribution in [2.24, 2.45) is 5.90 Å². The average molecular weight is 127 g/mol. The fraction of sp³-hybridized carbons (Fsp3) is 0.333. The van der Waals surface area contributed by atoms with Gasteiger partial charge in [0.15, 0.2) is 0 Å². The minimum absolute atomic E-state index is 0.507. The maximum absolute atomic E-state index is 5.00. The molecule has 0 unspecified atom stereocenters. The van der Waals surface area contributed by atoms with Crippen LogP contribution in [0.3, 0.4) is 0 Å². The van der Waals surface area contributed by atoms with Crippen molar-refractivity contribution in [2.45, 2.75) is 6.42 Å². The molecule has 2 N–H and O–H groups in total. The average Bonchev–Trinajstić information content (AvgIpc) is 2.34. The summed E-state index contributed by atoms with van der Waals surface area (Å²) in [6.07, 6.45) is 2.37. The Kier molecular flexibility index (Phi) is 2.30. The molecule has 3 heteroatoms. The maximum atomic E-state index is 5.00. The number of furan rings is 1. The van der Waals surface area contributed by atoms with Gasteiger partial charge in [0.25, 0.3) is 0 Å². The zero-order valence-corrected chi connectivity index (χ0v) is 5.04. The Morgan fingerprint density at radius 2 is 2.56 bits per heavy atom. The molecule has 1 aromatic rings. The first kappa shape index (κ1) is 6.32. The van der Waals surface area contributed by atoms with Gasteiger partial charge < -0.3 is 9.25 Å². The topological polar surface area (TPSA) is 48.4 Å². The predicted octanol–water partition coefficient (Wildman–Crippen LogP) is 0.712. The lowest BCUT2D eigenvalue weighted by Crippen LogP contribution is -2.02. The van der Waals surface area contributed by atoms with Crippen LogP contribution in [0, 0.1) is 0 Å². The summed E-state index contributed by atoms with van der Waals surface area (Å²) in [5, 5.41) is 0. The Balaban J connectivity index is 2.30. The normalized spacial score (nSPS) is 9.89. The summed E-state index contributed by atoms with van der Waals surface area (Å²) >= 11 is 0. The molecule has 0 spiro atoms. The van der Waals surface area contributed by atoms with E-state index < -0.39 is 0 Å². The summed E-state index contributed by atoms with van der Waals surface area (Å²) in [7, 11) is 0. The molecule has 0 fully saturated rings. The van der Waals surface area contributed by atoms with E-state index in [4.69, 9.17) is 10.3 Å². The Bertz CT molecular complexity index is 148. The van der Waals surface area contributed by atoms with Gasteiger partial charge in [-0.15, -0.1) is 0 Å². The Morgan fingerprint density at radius 1 is 1.67 bits per heavy atom. The van der Waals surface area contributed by atoms with Crippen molar-refractivity contribution in [3.05, 3.63) is 24.2 Å². The predicted molar refractivity (Wildman–Crippen MR) is 32.6 cm³/mol. The van der Waals surface area contributed by atoms with Crippen LogP contribution in [0.2, 0.25) is 0 Å². The zero-order chi connectivity index (χ0) is 6.53. The van der Waals surface area contributed by atoms with Crippen LogP contribution < -0.4 is 5.90 Å². The smallest absolute Gasteiger partial charge is 0.106 e. The molecule has 1 aromatic heterocycles. The van der Waals surface area contributed by atoms with Crippen LogP contribution in [0.5, 0.6) is 0 Å². The van der Waals surface area contributed by atoms with Crippen LogP contribution in [0.15, 0.2) is 22.8 Å². The van der Waals surface area contributed by atoms with Gasteiger partial charge in [0.05, 0.1) is 12.9 Å². The van der Waals surface area contributed by atoms with Crippen molar-refractivity contribution in [1.82, 2.24) is 0 Å². The van der Waals surface area contributed by atoms with E-state index in [2.05, 4.69) is 4.84 Å². The minimum atomic E-state index is 0.507. The first-order chi connectivity index (χ1) is 4.43. The molecule has 9 heavy (non-hydrogen) atoms. The zero-order valence-electron chi connectivity index (χ0n) is 5.04. The number of rotatable bonds is 3. The van der Waals surface area contributed by atoms with Crippen LogP contribution in [0.25, 0.3) is 0 Å². The number of hydrogen-bond donors (Lipinski definition) is 1. The second kappa shape index (κ2) is 3.27. The lowest BCUT2D eigenvalue weighted by molar-refractivity contribution is 0.137. The SMILES string of the molecule is NOCCc1ccco1. The molecule has 0 aliphatic heterocycles. The van der Waals surface area contributed by atoms with Crippen LogP contribution >= 0.6 is 0 Å². The number of nitrogens with two attached hydrogens (primary N) is 1. The summed E-state index contributed by atoms with van der Waals surface area (Å²) in [6, 6.07) is 3.73. The maximum Gasteiger partial charge on any atom is 0.106 e. The van der Waals surface area contributed by atoms with Gasteiger partial charge in [0.1, 0.15) is 5.76 Å². The summed E-state index contributed by atoms with van der Waals surface area (Å²) in [6.45, 7) is 0.507. The molecule has 0 atom stereocenters. The fourth-order valence-electron chi connectivity index (χ4n) is 0.614. The molecule has 50 valence electrons. The van der Waals surface area contributed by atoms with E-state index in [1.165, 1.54) is 0 Å². The molecule has 0 aliphatic rings. The van der Waals surface area contributed by atoms with Gasteiger partial charge in [0.2, 0.25) is 0 Å². The molecular weight excluding hydrogens is 118 g/mol. The fourth-order valence-corrected chi connectivity index (χ4v) is 0.614. The molecule has 0 saturated carbocycles. The van der Waals surface area contributed by atoms with Crippen molar-refractivity contribution < 1.29 is 9.25 Å². The Labute approximate surface area is 53.4 Å². The highest BCUT2D eigenvalue weighted by Gasteiger charge is 1.92. The summed E-state index contributed by atoms with van der Waals surface area (Å²) in [5.41, 5.74) is 0. The minimum Gasteiger partial charge on any atom is -0.469 e. The monoisotopic (exact) mass is 127 g/mol. The number of hydrogen-bond acceptors (Lipinski definition) is 3. The van der Waals surface area contributed by atoms with Crippen LogP contribution in [0.1, 0.15) is 5.76 Å². The lowest BCUT2D eigenvalue weighted by atomic mass is 10.3. The highest BCUT2D eigenvalue weighted by Crippen LogP contribution is 1.99. The highest BCUT2D eigenvalue weighted by atomic mass is 16.6. The lowest BCUT2D eigenvalue weighted by Gasteiger charge is -1.91. The van der Waals surface area contributed by atoms with Crippen molar-refractivity contribution in [3.63, 3.8) is 0 Å². The molecule has 1 rings (SSSR count). The Hall–Kier alpha value is -0.800. The van der Waals surface area contributed by atoms with Gasteiger partial charge in [0, 0.05) is 6.42 Å². The van der Waals surface area contributed by atoms with Gasteiger partial charge in [-0.3, -0.25) is 0 Å². The van der Waals surface area contributed by atoms with Gasteiger partial charge in [-0.2, -0.15) is 0 Å². The molecule has 3 nitrogen and oxygen atoms in total. The first-order valence-electron chi connectivity index (χ1n) is 2.77. The van der Waals surface area contributed by atoms with E-state index in [0.29, 0.717) is 6.61 Å².